The minimum atomic E-state index is -0.672. The Morgan fingerprint density at radius 3 is 2.72 bits per heavy atom. The summed E-state index contributed by atoms with van der Waals surface area (Å²) < 4.78 is 10.2. The summed E-state index contributed by atoms with van der Waals surface area (Å²) in [6.45, 7) is 1.19. The lowest BCUT2D eigenvalue weighted by atomic mass is 10.2. The molecule has 0 heterocycles. The molecule has 1 atom stereocenters. The first-order valence-corrected chi connectivity index (χ1v) is 8.28. The molecule has 2 aromatic carbocycles. The quantitative estimate of drug-likeness (QED) is 0.731. The first kappa shape index (κ1) is 19.2. The first-order valence-electron chi connectivity index (χ1n) is 7.90. The number of carbonyl (C=O) groups is 1. The van der Waals surface area contributed by atoms with Crippen LogP contribution in [0.4, 0.5) is 0 Å². The van der Waals surface area contributed by atoms with Crippen LogP contribution in [0, 0.1) is 0 Å². The van der Waals surface area contributed by atoms with Crippen LogP contribution in [0.25, 0.3) is 0 Å². The van der Waals surface area contributed by atoms with Crippen molar-refractivity contribution in [1.82, 2.24) is 4.90 Å². The smallest absolute Gasteiger partial charge is 0.337 e. The molecular formula is C19H22ClNO4. The van der Waals surface area contributed by atoms with Crippen LogP contribution in [-0.4, -0.2) is 49.4 Å². The number of ether oxygens (including phenoxy) is 2. The van der Waals surface area contributed by atoms with Gasteiger partial charge in [-0.2, -0.15) is 0 Å². The van der Waals surface area contributed by atoms with Crippen LogP contribution in [0.3, 0.4) is 0 Å². The summed E-state index contributed by atoms with van der Waals surface area (Å²) in [5.74, 6) is 0.0844. The molecule has 6 heteroatoms. The Hall–Kier alpha value is -2.08. The number of nitrogens with zero attached hydrogens (tertiary/aromatic N) is 1. The summed E-state index contributed by atoms with van der Waals surface area (Å²) in [6, 6.07) is 14.3. The number of aliphatic hydroxyl groups is 1. The van der Waals surface area contributed by atoms with Gasteiger partial charge in [-0.1, -0.05) is 35.9 Å². The van der Waals surface area contributed by atoms with Crippen molar-refractivity contribution >= 4 is 17.6 Å². The summed E-state index contributed by atoms with van der Waals surface area (Å²) in [5, 5.41) is 10.9. The van der Waals surface area contributed by atoms with Crippen molar-refractivity contribution in [2.45, 2.75) is 12.6 Å². The van der Waals surface area contributed by atoms with E-state index in [0.717, 1.165) is 5.56 Å². The monoisotopic (exact) mass is 363 g/mol. The maximum Gasteiger partial charge on any atom is 0.337 e. The molecule has 1 N–H and O–H groups in total. The maximum absolute atomic E-state index is 11.5. The van der Waals surface area contributed by atoms with Crippen molar-refractivity contribution in [2.24, 2.45) is 0 Å². The average Bonchev–Trinajstić information content (AvgIpc) is 2.61. The molecule has 5 nitrogen and oxygen atoms in total. The van der Waals surface area contributed by atoms with E-state index in [2.05, 4.69) is 4.74 Å². The molecule has 0 saturated carbocycles. The Balaban J connectivity index is 1.83. The molecule has 0 unspecified atom stereocenters. The predicted octanol–water partition coefficient (Wildman–Crippen LogP) is 3.00. The minimum Gasteiger partial charge on any atom is -0.491 e. The van der Waals surface area contributed by atoms with E-state index in [-0.39, 0.29) is 6.61 Å². The lowest BCUT2D eigenvalue weighted by Gasteiger charge is -2.21. The lowest BCUT2D eigenvalue weighted by Crippen LogP contribution is -2.32. The minimum absolute atomic E-state index is 0.123. The van der Waals surface area contributed by atoms with Gasteiger partial charge >= 0.3 is 5.97 Å². The second kappa shape index (κ2) is 9.42. The van der Waals surface area contributed by atoms with Crippen LogP contribution < -0.4 is 4.74 Å². The molecular weight excluding hydrogens is 342 g/mol. The van der Waals surface area contributed by atoms with Crippen molar-refractivity contribution in [3.05, 3.63) is 64.7 Å². The predicted molar refractivity (Wildman–Crippen MR) is 97.1 cm³/mol. The highest BCUT2D eigenvalue weighted by atomic mass is 35.5. The van der Waals surface area contributed by atoms with Gasteiger partial charge in [-0.05, 0) is 36.9 Å². The van der Waals surface area contributed by atoms with Gasteiger partial charge in [0.2, 0.25) is 0 Å². The summed E-state index contributed by atoms with van der Waals surface area (Å²) in [6.07, 6.45) is -0.672. The maximum atomic E-state index is 11.5. The van der Waals surface area contributed by atoms with Crippen molar-refractivity contribution in [2.75, 3.05) is 27.3 Å². The zero-order chi connectivity index (χ0) is 18.2. The van der Waals surface area contributed by atoms with E-state index in [1.807, 2.05) is 36.2 Å². The van der Waals surface area contributed by atoms with Gasteiger partial charge in [-0.25, -0.2) is 4.79 Å². The Morgan fingerprint density at radius 2 is 2.00 bits per heavy atom. The van der Waals surface area contributed by atoms with Gasteiger partial charge < -0.3 is 14.6 Å². The number of likely N-dealkylation sites (N-methyl/N-ethyl adjacent to an activating group) is 1. The van der Waals surface area contributed by atoms with Crippen LogP contribution in [0.1, 0.15) is 15.9 Å². The van der Waals surface area contributed by atoms with E-state index in [4.69, 9.17) is 16.3 Å². The number of carbonyl (C=O) groups excluding carboxylic acids is 1. The van der Waals surface area contributed by atoms with Gasteiger partial charge in [-0.3, -0.25) is 4.90 Å². The molecule has 0 radical (unpaired) electrons. The number of benzene rings is 2. The number of hydrogen-bond acceptors (Lipinski definition) is 5. The molecule has 25 heavy (non-hydrogen) atoms. The summed E-state index contributed by atoms with van der Waals surface area (Å²) >= 11 is 6.15. The fraction of sp³-hybridized carbons (Fsp3) is 0.316. The number of halogens is 1. The number of esters is 1. The third-order valence-electron chi connectivity index (χ3n) is 3.62. The van der Waals surface area contributed by atoms with Crippen molar-refractivity contribution in [1.29, 1.82) is 0 Å². The van der Waals surface area contributed by atoms with E-state index >= 15 is 0 Å². The number of methoxy groups -OCH3 is 1. The summed E-state index contributed by atoms with van der Waals surface area (Å²) in [5.41, 5.74) is 1.41. The van der Waals surface area contributed by atoms with E-state index in [1.165, 1.54) is 7.11 Å². The van der Waals surface area contributed by atoms with Crippen molar-refractivity contribution < 1.29 is 19.4 Å². The van der Waals surface area contributed by atoms with Gasteiger partial charge in [0.25, 0.3) is 0 Å². The molecule has 0 amide bonds. The summed E-state index contributed by atoms with van der Waals surface area (Å²) in [7, 11) is 3.23. The Kier molecular flexibility index (Phi) is 7.25. The molecule has 0 saturated heterocycles. The number of hydrogen-bond donors (Lipinski definition) is 1. The molecule has 2 rings (SSSR count). The Labute approximate surface area is 152 Å². The third-order valence-corrected chi connectivity index (χ3v) is 3.99. The fourth-order valence-electron chi connectivity index (χ4n) is 2.42. The topological polar surface area (TPSA) is 59.0 Å². The second-order valence-electron chi connectivity index (χ2n) is 5.77. The lowest BCUT2D eigenvalue weighted by molar-refractivity contribution is 0.0599. The highest BCUT2D eigenvalue weighted by Crippen LogP contribution is 2.17. The van der Waals surface area contributed by atoms with Crippen LogP contribution in [0.2, 0.25) is 5.02 Å². The van der Waals surface area contributed by atoms with Gasteiger partial charge in [0.1, 0.15) is 18.5 Å². The zero-order valence-corrected chi connectivity index (χ0v) is 15.1. The van der Waals surface area contributed by atoms with E-state index < -0.39 is 12.1 Å². The molecule has 0 aliphatic carbocycles. The molecule has 134 valence electrons. The largest absolute Gasteiger partial charge is 0.491 e. The molecule has 0 fully saturated rings. The van der Waals surface area contributed by atoms with E-state index in [0.29, 0.717) is 29.4 Å². The highest BCUT2D eigenvalue weighted by molar-refractivity contribution is 6.31. The zero-order valence-electron chi connectivity index (χ0n) is 14.3. The molecule has 2 aromatic rings. The van der Waals surface area contributed by atoms with E-state index in [1.54, 1.807) is 24.3 Å². The standard InChI is InChI=1S/C19H22ClNO4/c1-21(11-15-6-3-4-9-18(15)20)12-16(22)13-25-17-8-5-7-14(10-17)19(23)24-2/h3-10,16,22H,11-13H2,1-2H3/t16-/m0/s1. The average molecular weight is 364 g/mol. The molecule has 0 bridgehead atoms. The molecule has 0 spiro atoms. The summed E-state index contributed by atoms with van der Waals surface area (Å²) in [4.78, 5) is 13.5. The number of aliphatic hydroxyl groups excluding tert-OH is 1. The second-order valence-corrected chi connectivity index (χ2v) is 6.18. The molecule has 0 aromatic heterocycles. The number of rotatable bonds is 8. The Morgan fingerprint density at radius 1 is 1.24 bits per heavy atom. The van der Waals surface area contributed by atoms with Crippen LogP contribution >= 0.6 is 11.6 Å². The van der Waals surface area contributed by atoms with E-state index in [9.17, 15) is 9.90 Å². The van der Waals surface area contributed by atoms with Gasteiger partial charge in [0.05, 0.1) is 12.7 Å². The van der Waals surface area contributed by atoms with Crippen molar-refractivity contribution in [3.8, 4) is 5.75 Å². The third kappa shape index (κ3) is 6.05. The fourth-order valence-corrected chi connectivity index (χ4v) is 2.61. The Bertz CT molecular complexity index is 707. The van der Waals surface area contributed by atoms with Crippen molar-refractivity contribution in [3.63, 3.8) is 0 Å². The van der Waals surface area contributed by atoms with Gasteiger partial charge in [0, 0.05) is 18.1 Å². The van der Waals surface area contributed by atoms with Gasteiger partial charge in [-0.15, -0.1) is 0 Å². The van der Waals surface area contributed by atoms with Gasteiger partial charge in [0.15, 0.2) is 0 Å². The molecule has 0 aliphatic rings. The normalized spacial score (nSPS) is 12.0. The first-order chi connectivity index (χ1) is 12.0. The van der Waals surface area contributed by atoms with Crippen LogP contribution in [0.15, 0.2) is 48.5 Å². The highest BCUT2D eigenvalue weighted by Gasteiger charge is 2.12. The van der Waals surface area contributed by atoms with Crippen LogP contribution in [0.5, 0.6) is 5.75 Å². The SMILES string of the molecule is COC(=O)c1cccc(OC[C@@H](O)CN(C)Cc2ccccc2Cl)c1. The van der Waals surface area contributed by atoms with Crippen LogP contribution in [-0.2, 0) is 11.3 Å². The molecule has 0 aliphatic heterocycles.